The number of thiophene rings is 1. The maximum absolute atomic E-state index is 10.1. The van der Waals surface area contributed by atoms with Crippen LogP contribution in [0.2, 0.25) is 0 Å². The first kappa shape index (κ1) is 15.8. The van der Waals surface area contributed by atoms with E-state index in [0.29, 0.717) is 10.3 Å². The van der Waals surface area contributed by atoms with E-state index in [4.69, 9.17) is 15.4 Å². The zero-order valence-corrected chi connectivity index (χ0v) is 26.0. The van der Waals surface area contributed by atoms with Gasteiger partial charge < -0.3 is 9.32 Å². The lowest BCUT2D eigenvalue weighted by Gasteiger charge is -2.29. The van der Waals surface area contributed by atoms with Crippen LogP contribution in [0.5, 0.6) is 0 Å². The van der Waals surface area contributed by atoms with E-state index in [1.165, 1.54) is 11.3 Å². The Labute approximate surface area is 311 Å². The minimum absolute atomic E-state index is 0.144. The molecule has 0 saturated carbocycles. The van der Waals surface area contributed by atoms with Crippen molar-refractivity contribution in [2.45, 2.75) is 0 Å². The highest BCUT2D eigenvalue weighted by molar-refractivity contribution is 7.26. The Bertz CT molecular complexity index is 3810. The minimum Gasteiger partial charge on any atom is -0.455 e. The van der Waals surface area contributed by atoms with Crippen molar-refractivity contribution in [1.29, 1.82) is 0 Å². The normalized spacial score (nSPS) is 16.5. The zero-order chi connectivity index (χ0) is 47.1. The van der Waals surface area contributed by atoms with Gasteiger partial charge in [0.2, 0.25) is 0 Å². The molecule has 0 atom stereocenters. The first-order valence-electron chi connectivity index (χ1n) is 23.7. The number of hydrogen-bond donors (Lipinski definition) is 0. The number of fused-ring (bicyclic) bond motifs is 8. The SMILES string of the molecule is [2H]c1c([2H])c([2H])c(N(c2c([2H])c([2H])c([2H])c(-c3cccc4c3sc3ccccc34)c2[2H])c2c([2H])c([2H])c([2H])c3oc4c5c([2H])c([2H])c([2H])c([2H])c5c([2H])c([2H])c4c23)c(-c2ccccc2)c1[2H]. The molecule has 0 spiro atoms. The molecule has 0 aliphatic heterocycles. The fourth-order valence-corrected chi connectivity index (χ4v) is 7.49. The van der Waals surface area contributed by atoms with Crippen molar-refractivity contribution in [3.05, 3.63) is 176 Å². The molecule has 10 rings (SSSR count). The Morgan fingerprint density at radius 3 is 2.29 bits per heavy atom. The quantitative estimate of drug-likeness (QED) is 0.183. The summed E-state index contributed by atoms with van der Waals surface area (Å²) in [6.07, 6.45) is 0. The van der Waals surface area contributed by atoms with Gasteiger partial charge >= 0.3 is 0 Å². The molecule has 0 fully saturated rings. The summed E-state index contributed by atoms with van der Waals surface area (Å²) < 4.78 is 164. The number of rotatable bonds is 5. The fraction of sp³-hybridized carbons (Fsp3) is 0. The lowest BCUT2D eigenvalue weighted by atomic mass is 9.99. The van der Waals surface area contributed by atoms with Crippen LogP contribution in [0.4, 0.5) is 17.1 Å². The second-order valence-corrected chi connectivity index (χ2v) is 12.2. The first-order chi connectivity index (χ1) is 31.4. The Kier molecular flexibility index (Phi) is 3.63. The average Bonchev–Trinajstić information content (AvgIpc) is 3.90. The van der Waals surface area contributed by atoms with Crippen molar-refractivity contribution in [3.63, 3.8) is 0 Å². The Hall–Kier alpha value is -6.16. The van der Waals surface area contributed by atoms with Crippen LogP contribution in [0.3, 0.4) is 0 Å². The van der Waals surface area contributed by atoms with Crippen LogP contribution in [0.1, 0.15) is 23.3 Å². The smallest absolute Gasteiger partial charge is 0.143 e. The van der Waals surface area contributed by atoms with E-state index in [1.54, 1.807) is 42.5 Å². The van der Waals surface area contributed by atoms with Crippen LogP contribution in [0, 0.1) is 0 Å². The van der Waals surface area contributed by atoms with Gasteiger partial charge in [0, 0.05) is 42.2 Å². The lowest BCUT2D eigenvalue weighted by molar-refractivity contribution is 0.672. The van der Waals surface area contributed by atoms with E-state index in [-0.39, 0.29) is 38.2 Å². The molecule has 2 aromatic heterocycles. The van der Waals surface area contributed by atoms with Crippen molar-refractivity contribution in [2.24, 2.45) is 0 Å². The van der Waals surface area contributed by atoms with Crippen LogP contribution >= 0.6 is 11.3 Å². The molecule has 0 saturated heterocycles. The topological polar surface area (TPSA) is 16.4 Å². The van der Waals surface area contributed by atoms with Gasteiger partial charge in [-0.3, -0.25) is 0 Å². The highest BCUT2D eigenvalue weighted by atomic mass is 32.1. The van der Waals surface area contributed by atoms with Crippen LogP contribution in [0.25, 0.3) is 75.1 Å². The Morgan fingerprint density at radius 1 is 0.531 bits per heavy atom. The summed E-state index contributed by atoms with van der Waals surface area (Å²) in [5.74, 6) is 0. The molecule has 2 nitrogen and oxygen atoms in total. The molecule has 0 amide bonds. The van der Waals surface area contributed by atoms with E-state index >= 15 is 0 Å². The van der Waals surface area contributed by atoms with Gasteiger partial charge in [0.05, 0.1) is 40.1 Å². The maximum Gasteiger partial charge on any atom is 0.143 e. The molecule has 49 heavy (non-hydrogen) atoms. The number of hydrogen-bond acceptors (Lipinski definition) is 3. The molecule has 0 unspecified atom stereocenters. The third-order valence-electron chi connectivity index (χ3n) is 8.42. The van der Waals surface area contributed by atoms with Crippen molar-refractivity contribution in [2.75, 3.05) is 4.90 Å². The number of para-hydroxylation sites is 1. The van der Waals surface area contributed by atoms with Crippen LogP contribution < -0.4 is 4.90 Å². The van der Waals surface area contributed by atoms with Crippen molar-refractivity contribution in [3.8, 4) is 22.3 Å². The predicted octanol–water partition coefficient (Wildman–Crippen LogP) is 13.9. The van der Waals surface area contributed by atoms with Crippen molar-refractivity contribution < 1.29 is 27.7 Å². The van der Waals surface area contributed by atoms with Crippen molar-refractivity contribution >= 4 is 81.3 Å². The first-order valence-corrected chi connectivity index (χ1v) is 16.0. The summed E-state index contributed by atoms with van der Waals surface area (Å²) >= 11 is 1.37. The second kappa shape index (κ2) is 11.2. The van der Waals surface area contributed by atoms with Gasteiger partial charge in [0.15, 0.2) is 0 Å². The molecule has 8 aromatic carbocycles. The van der Waals surface area contributed by atoms with Gasteiger partial charge in [-0.1, -0.05) is 133 Å². The molecular formula is C46H29NOS. The van der Waals surface area contributed by atoms with E-state index < -0.39 is 131 Å². The van der Waals surface area contributed by atoms with Crippen LogP contribution in [-0.2, 0) is 0 Å². The maximum atomic E-state index is 10.1. The number of nitrogens with zero attached hydrogens (tertiary/aromatic N) is 1. The average molecular weight is 661 g/mol. The number of anilines is 3. The molecular weight excluding hydrogens is 615 g/mol. The summed E-state index contributed by atoms with van der Waals surface area (Å²) in [4.78, 5) is 0.960. The van der Waals surface area contributed by atoms with Gasteiger partial charge in [-0.25, -0.2) is 0 Å². The van der Waals surface area contributed by atoms with Crippen LogP contribution in [0.15, 0.2) is 180 Å². The molecule has 10 aromatic rings. The second-order valence-electron chi connectivity index (χ2n) is 11.2. The fourth-order valence-electron chi connectivity index (χ4n) is 6.27. The van der Waals surface area contributed by atoms with Gasteiger partial charge in [-0.15, -0.1) is 11.3 Å². The van der Waals surface area contributed by atoms with Gasteiger partial charge in [0.25, 0.3) is 0 Å². The zero-order valence-electron chi connectivity index (χ0n) is 42.2. The predicted molar refractivity (Wildman–Crippen MR) is 210 cm³/mol. The monoisotopic (exact) mass is 660 g/mol. The Morgan fingerprint density at radius 2 is 1.33 bits per heavy atom. The summed E-state index contributed by atoms with van der Waals surface area (Å²) in [5.41, 5.74) is -2.35. The molecule has 2 heterocycles. The van der Waals surface area contributed by atoms with Crippen molar-refractivity contribution in [1.82, 2.24) is 0 Å². The molecule has 0 N–H and O–H groups in total. The molecule has 3 heteroatoms. The minimum atomic E-state index is -0.823. The van der Waals surface area contributed by atoms with Gasteiger partial charge in [-0.2, -0.15) is 0 Å². The standard InChI is InChI=1S/C46H29NOS/c1-2-13-30(14-3-1)34-18-6-8-23-40(34)47(41-24-12-25-42-44(41)39-28-27-31-15-4-5-19-35(31)45(39)48-42)33-17-10-16-32(29-33)36-21-11-22-38-37-20-7-9-26-43(37)49-46(36)38/h1-29H/i4D,5D,6D,8D,10D,12D,15D,16D,17D,18D,19D,23D,24D,25D,27D,28D,29D. The number of furan rings is 1. The van der Waals surface area contributed by atoms with Crippen LogP contribution in [-0.4, -0.2) is 0 Å². The summed E-state index contributed by atoms with van der Waals surface area (Å²) in [7, 11) is 0. The summed E-state index contributed by atoms with van der Waals surface area (Å²) in [6, 6.07) is 9.04. The molecule has 0 radical (unpaired) electrons. The molecule has 0 bridgehead atoms. The van der Waals surface area contributed by atoms with E-state index in [0.717, 1.165) is 20.4 Å². The third kappa shape index (κ3) is 4.47. The summed E-state index contributed by atoms with van der Waals surface area (Å²) in [6.45, 7) is 0. The lowest BCUT2D eigenvalue weighted by Crippen LogP contribution is -2.11. The third-order valence-corrected chi connectivity index (χ3v) is 9.64. The highest BCUT2D eigenvalue weighted by Gasteiger charge is 2.23. The Balaban J connectivity index is 1.47. The highest BCUT2D eigenvalue weighted by Crippen LogP contribution is 2.48. The van der Waals surface area contributed by atoms with Gasteiger partial charge in [0.1, 0.15) is 11.2 Å². The molecule has 0 aliphatic carbocycles. The summed E-state index contributed by atoms with van der Waals surface area (Å²) in [5, 5.41) is 0.188. The number of benzene rings is 8. The molecule has 0 aliphatic rings. The van der Waals surface area contributed by atoms with E-state index in [9.17, 15) is 12.3 Å². The van der Waals surface area contributed by atoms with E-state index in [2.05, 4.69) is 0 Å². The van der Waals surface area contributed by atoms with E-state index in [1.807, 2.05) is 30.3 Å². The molecule has 230 valence electrons. The largest absolute Gasteiger partial charge is 0.455 e. The van der Waals surface area contributed by atoms with Gasteiger partial charge in [-0.05, 0) is 64.4 Å².